The molecule has 3 atom stereocenters. The predicted molar refractivity (Wildman–Crippen MR) is 90.5 cm³/mol. The fourth-order valence-electron chi connectivity index (χ4n) is 3.41. The summed E-state index contributed by atoms with van der Waals surface area (Å²) in [5.41, 5.74) is 0.465. The molecule has 0 spiro atoms. The molecule has 0 nitrogen and oxygen atoms in total. The predicted octanol–water partition coefficient (Wildman–Crippen LogP) is 5.28. The summed E-state index contributed by atoms with van der Waals surface area (Å²) in [6, 6.07) is 0. The molecule has 0 amide bonds. The zero-order valence-electron chi connectivity index (χ0n) is 12.9. The van der Waals surface area contributed by atoms with Gasteiger partial charge in [-0.2, -0.15) is 0 Å². The number of hydrogen-bond donors (Lipinski definition) is 0. The van der Waals surface area contributed by atoms with Crippen LogP contribution in [0.2, 0.25) is 0 Å². The first-order valence-corrected chi connectivity index (χ1v) is 9.77. The topological polar surface area (TPSA) is 0 Å². The maximum atomic E-state index is 3.53. The molecular weight excluding hydrogens is 268 g/mol. The van der Waals surface area contributed by atoms with Gasteiger partial charge < -0.3 is 0 Å². The first-order valence-electron chi connectivity index (χ1n) is 7.68. The Morgan fingerprint density at radius 3 is 2.32 bits per heavy atom. The molecule has 1 aliphatic carbocycles. The molecule has 0 aromatic rings. The molecule has 108 valence electrons. The Morgan fingerprint density at radius 2 is 1.74 bits per heavy atom. The van der Waals surface area contributed by atoms with Crippen LogP contribution in [-0.2, 0) is 0 Å². The average Bonchev–Trinajstić information content (AvgIpc) is 2.39. The Morgan fingerprint density at radius 1 is 1.05 bits per heavy atom. The highest BCUT2D eigenvalue weighted by atomic mass is 32.2. The van der Waals surface area contributed by atoms with E-state index in [4.69, 9.17) is 0 Å². The molecule has 1 saturated carbocycles. The Bertz CT molecular complexity index is 338. The van der Waals surface area contributed by atoms with Gasteiger partial charge in [-0.15, -0.1) is 29.4 Å². The van der Waals surface area contributed by atoms with E-state index in [0.717, 1.165) is 16.4 Å². The molecule has 0 aromatic heterocycles. The minimum Gasteiger partial charge on any atom is -0.147 e. The molecule has 2 heteroatoms. The highest BCUT2D eigenvalue weighted by molar-refractivity contribution is 8.17. The van der Waals surface area contributed by atoms with Crippen LogP contribution in [0.15, 0.2) is 0 Å². The van der Waals surface area contributed by atoms with E-state index in [0.29, 0.717) is 11.3 Å². The molecule has 1 heterocycles. The van der Waals surface area contributed by atoms with E-state index >= 15 is 0 Å². The molecule has 0 radical (unpaired) electrons. The highest BCUT2D eigenvalue weighted by Gasteiger charge is 2.39. The van der Waals surface area contributed by atoms with Crippen molar-refractivity contribution in [2.45, 2.75) is 58.0 Å². The van der Waals surface area contributed by atoms with Crippen LogP contribution >= 0.6 is 23.5 Å². The Kier molecular flexibility index (Phi) is 5.61. The van der Waals surface area contributed by atoms with Gasteiger partial charge in [0.25, 0.3) is 0 Å². The third-order valence-corrected chi connectivity index (χ3v) is 7.88. The lowest BCUT2D eigenvalue weighted by Gasteiger charge is -2.43. The van der Waals surface area contributed by atoms with Crippen LogP contribution in [0.1, 0.15) is 53.4 Å². The van der Waals surface area contributed by atoms with Crippen molar-refractivity contribution >= 4 is 23.5 Å². The van der Waals surface area contributed by atoms with Crippen LogP contribution in [0.3, 0.4) is 0 Å². The summed E-state index contributed by atoms with van der Waals surface area (Å²) in [5.74, 6) is 11.8. The summed E-state index contributed by atoms with van der Waals surface area (Å²) in [6.07, 6.45) is 5.49. The van der Waals surface area contributed by atoms with Gasteiger partial charge in [-0.3, -0.25) is 0 Å². The fourth-order valence-corrected chi connectivity index (χ4v) is 6.74. The van der Waals surface area contributed by atoms with Gasteiger partial charge in [-0.25, -0.2) is 0 Å². The van der Waals surface area contributed by atoms with Crippen molar-refractivity contribution in [1.29, 1.82) is 0 Å². The van der Waals surface area contributed by atoms with Gasteiger partial charge in [0.05, 0.1) is 4.58 Å². The largest absolute Gasteiger partial charge is 0.147 e. The third kappa shape index (κ3) is 4.11. The first-order chi connectivity index (χ1) is 9.02. The molecule has 0 aromatic carbocycles. The van der Waals surface area contributed by atoms with Crippen molar-refractivity contribution in [2.24, 2.45) is 23.2 Å². The van der Waals surface area contributed by atoms with Gasteiger partial charge in [-0.05, 0) is 61.4 Å². The van der Waals surface area contributed by atoms with Crippen molar-refractivity contribution < 1.29 is 0 Å². The van der Waals surface area contributed by atoms with Gasteiger partial charge in [-0.1, -0.05) is 26.7 Å². The quantitative estimate of drug-likeness (QED) is 0.603. The number of thioether (sulfide) groups is 2. The van der Waals surface area contributed by atoms with Crippen LogP contribution < -0.4 is 0 Å². The van der Waals surface area contributed by atoms with Gasteiger partial charge in [0, 0.05) is 5.92 Å². The van der Waals surface area contributed by atoms with Crippen LogP contribution in [0.5, 0.6) is 0 Å². The average molecular weight is 297 g/mol. The minimum atomic E-state index is 0.465. The molecule has 0 N–H and O–H groups in total. The van der Waals surface area contributed by atoms with Crippen molar-refractivity contribution in [3.05, 3.63) is 0 Å². The Balaban J connectivity index is 2.09. The molecule has 3 unspecified atom stereocenters. The lowest BCUT2D eigenvalue weighted by atomic mass is 9.66. The minimum absolute atomic E-state index is 0.465. The van der Waals surface area contributed by atoms with Crippen molar-refractivity contribution in [3.63, 3.8) is 0 Å². The molecule has 1 aliphatic heterocycles. The zero-order valence-corrected chi connectivity index (χ0v) is 14.5. The monoisotopic (exact) mass is 296 g/mol. The smallest absolute Gasteiger partial charge is 0.0542 e. The van der Waals surface area contributed by atoms with Gasteiger partial charge in [0.15, 0.2) is 0 Å². The first kappa shape index (κ1) is 15.6. The molecule has 2 aliphatic rings. The van der Waals surface area contributed by atoms with E-state index in [2.05, 4.69) is 56.1 Å². The Hall–Kier alpha value is 0.260. The van der Waals surface area contributed by atoms with E-state index in [1.165, 1.54) is 37.2 Å². The Labute approximate surface area is 128 Å². The van der Waals surface area contributed by atoms with E-state index in [1.54, 1.807) is 0 Å². The lowest BCUT2D eigenvalue weighted by molar-refractivity contribution is 0.126. The maximum absolute atomic E-state index is 3.53. The van der Waals surface area contributed by atoms with E-state index in [-0.39, 0.29) is 0 Å². The SMILES string of the molecule is CC#CC1CCC(C(C)(C)C)CC1C1SCCCS1. The van der Waals surface area contributed by atoms with Crippen molar-refractivity contribution in [2.75, 3.05) is 11.5 Å². The second kappa shape index (κ2) is 6.81. The van der Waals surface area contributed by atoms with Gasteiger partial charge in [0.1, 0.15) is 0 Å². The molecule has 2 fully saturated rings. The summed E-state index contributed by atoms with van der Waals surface area (Å²) < 4.78 is 0.810. The molecule has 19 heavy (non-hydrogen) atoms. The molecule has 0 bridgehead atoms. The highest BCUT2D eigenvalue weighted by Crippen LogP contribution is 2.49. The normalized spacial score (nSPS) is 33.6. The second-order valence-corrected chi connectivity index (χ2v) is 9.80. The molecule has 2 rings (SSSR count). The number of hydrogen-bond acceptors (Lipinski definition) is 2. The van der Waals surface area contributed by atoms with Crippen LogP contribution in [0, 0.1) is 35.0 Å². The van der Waals surface area contributed by atoms with E-state index in [9.17, 15) is 0 Å². The van der Waals surface area contributed by atoms with Gasteiger partial charge in [0.2, 0.25) is 0 Å². The summed E-state index contributed by atoms with van der Waals surface area (Å²) in [5, 5.41) is 0. The van der Waals surface area contributed by atoms with E-state index < -0.39 is 0 Å². The number of rotatable bonds is 1. The second-order valence-electron chi connectivity index (χ2n) is 7.00. The van der Waals surface area contributed by atoms with E-state index in [1.807, 2.05) is 6.92 Å². The standard InChI is InChI=1S/C17H28S2/c1-5-7-13-8-9-14(17(2,3)4)12-15(13)16-18-10-6-11-19-16/h13-16H,6,8-12H2,1-4H3. The van der Waals surface area contributed by atoms with Crippen LogP contribution in [0.4, 0.5) is 0 Å². The van der Waals surface area contributed by atoms with Crippen LogP contribution in [-0.4, -0.2) is 16.1 Å². The fraction of sp³-hybridized carbons (Fsp3) is 0.882. The summed E-state index contributed by atoms with van der Waals surface area (Å²) in [6.45, 7) is 9.26. The van der Waals surface area contributed by atoms with Crippen molar-refractivity contribution in [3.8, 4) is 11.8 Å². The van der Waals surface area contributed by atoms with Crippen LogP contribution in [0.25, 0.3) is 0 Å². The zero-order chi connectivity index (χ0) is 13.9. The maximum Gasteiger partial charge on any atom is 0.0542 e. The third-order valence-electron chi connectivity index (χ3n) is 4.66. The lowest BCUT2D eigenvalue weighted by Crippen LogP contribution is -2.36. The summed E-state index contributed by atoms with van der Waals surface area (Å²) >= 11 is 4.41. The van der Waals surface area contributed by atoms with Crippen molar-refractivity contribution in [1.82, 2.24) is 0 Å². The molecular formula is C17H28S2. The van der Waals surface area contributed by atoms with Gasteiger partial charge >= 0.3 is 0 Å². The molecule has 1 saturated heterocycles. The summed E-state index contributed by atoms with van der Waals surface area (Å²) in [7, 11) is 0. The summed E-state index contributed by atoms with van der Waals surface area (Å²) in [4.78, 5) is 0.